The maximum atomic E-state index is 13.5. The molecule has 0 unspecified atom stereocenters. The molecular weight excluding hydrogens is 259 g/mol. The topological polar surface area (TPSA) is 17.1 Å². The van der Waals surface area contributed by atoms with Gasteiger partial charge in [0.1, 0.15) is 5.82 Å². The van der Waals surface area contributed by atoms with Gasteiger partial charge < -0.3 is 0 Å². The zero-order chi connectivity index (χ0) is 13.8. The van der Waals surface area contributed by atoms with Crippen molar-refractivity contribution in [1.29, 1.82) is 0 Å². The summed E-state index contributed by atoms with van der Waals surface area (Å²) in [5.41, 5.74) is 3.29. The number of benzene rings is 2. The van der Waals surface area contributed by atoms with Crippen LogP contribution in [0.3, 0.4) is 0 Å². The van der Waals surface area contributed by atoms with Crippen molar-refractivity contribution in [1.82, 2.24) is 0 Å². The summed E-state index contributed by atoms with van der Waals surface area (Å²) < 4.78 is 13.5. The molecular formula is C16H15FOS. The van der Waals surface area contributed by atoms with Crippen LogP contribution in [0.4, 0.5) is 4.39 Å². The molecule has 0 aliphatic carbocycles. The molecule has 0 amide bonds. The van der Waals surface area contributed by atoms with E-state index >= 15 is 0 Å². The molecule has 0 saturated heterocycles. The number of carbonyl (C=O) groups is 1. The molecule has 19 heavy (non-hydrogen) atoms. The average molecular weight is 274 g/mol. The van der Waals surface area contributed by atoms with Crippen molar-refractivity contribution < 1.29 is 9.18 Å². The third-order valence-corrected chi connectivity index (χ3v) is 3.67. The summed E-state index contributed by atoms with van der Waals surface area (Å²) in [6.07, 6.45) is 2.58. The fourth-order valence-electron chi connectivity index (χ4n) is 2.12. The Morgan fingerprint density at radius 3 is 2.58 bits per heavy atom. The highest BCUT2D eigenvalue weighted by atomic mass is 32.2. The average Bonchev–Trinajstić information content (AvgIpc) is 2.46. The molecule has 2 aromatic rings. The van der Waals surface area contributed by atoms with E-state index < -0.39 is 0 Å². The fraction of sp³-hybridized carbons (Fsp3) is 0.188. The zero-order valence-electron chi connectivity index (χ0n) is 10.9. The number of thioether (sulfide) groups is 1. The summed E-state index contributed by atoms with van der Waals surface area (Å²) in [6, 6.07) is 12.2. The number of carbonyl (C=O) groups excluding carboxylic acids is 1. The third-order valence-electron chi connectivity index (χ3n) is 3.08. The van der Waals surface area contributed by atoms with Crippen LogP contribution in [0.1, 0.15) is 22.8 Å². The molecule has 3 heteroatoms. The summed E-state index contributed by atoms with van der Waals surface area (Å²) in [6.45, 7) is 2.05. The van der Waals surface area contributed by atoms with E-state index in [1.165, 1.54) is 12.1 Å². The van der Waals surface area contributed by atoms with E-state index in [0.29, 0.717) is 11.1 Å². The minimum atomic E-state index is -0.321. The first-order valence-corrected chi connectivity index (χ1v) is 7.36. The van der Waals surface area contributed by atoms with E-state index in [1.54, 1.807) is 12.3 Å². The van der Waals surface area contributed by atoms with Crippen LogP contribution in [0.25, 0.3) is 11.1 Å². The number of hydrogen-bond donors (Lipinski definition) is 0. The first kappa shape index (κ1) is 13.8. The molecule has 0 aromatic heterocycles. The van der Waals surface area contributed by atoms with Gasteiger partial charge in [-0.2, -0.15) is 0 Å². The largest absolute Gasteiger partial charge is 0.282 e. The molecule has 0 saturated carbocycles. The predicted molar refractivity (Wildman–Crippen MR) is 79.1 cm³/mol. The number of hydrogen-bond acceptors (Lipinski definition) is 2. The van der Waals surface area contributed by atoms with E-state index in [9.17, 15) is 9.18 Å². The lowest BCUT2D eigenvalue weighted by Gasteiger charge is -2.12. The molecule has 2 rings (SSSR count). The lowest BCUT2D eigenvalue weighted by atomic mass is 9.94. The molecule has 2 aromatic carbocycles. The number of halogens is 1. The van der Waals surface area contributed by atoms with Crippen LogP contribution >= 0.6 is 11.8 Å². The van der Waals surface area contributed by atoms with Crippen molar-refractivity contribution in [2.75, 3.05) is 6.26 Å². The van der Waals surface area contributed by atoms with Crippen LogP contribution in [-0.2, 0) is 6.42 Å². The van der Waals surface area contributed by atoms with Crippen molar-refractivity contribution in [2.45, 2.75) is 13.3 Å². The highest BCUT2D eigenvalue weighted by Crippen LogP contribution is 2.30. The third kappa shape index (κ3) is 2.87. The molecule has 0 radical (unpaired) electrons. The molecule has 98 valence electrons. The van der Waals surface area contributed by atoms with Gasteiger partial charge >= 0.3 is 0 Å². The maximum Gasteiger partial charge on any atom is 0.219 e. The second-order valence-electron chi connectivity index (χ2n) is 4.19. The van der Waals surface area contributed by atoms with Gasteiger partial charge in [0.05, 0.1) is 0 Å². The summed E-state index contributed by atoms with van der Waals surface area (Å²) in [7, 11) is 0. The zero-order valence-corrected chi connectivity index (χ0v) is 11.8. The van der Waals surface area contributed by atoms with E-state index in [-0.39, 0.29) is 10.9 Å². The number of rotatable bonds is 3. The van der Waals surface area contributed by atoms with Gasteiger partial charge in [-0.15, -0.1) is 0 Å². The van der Waals surface area contributed by atoms with Gasteiger partial charge in [0.25, 0.3) is 0 Å². The van der Waals surface area contributed by atoms with Gasteiger partial charge in [0.2, 0.25) is 5.12 Å². The highest BCUT2D eigenvalue weighted by molar-refractivity contribution is 8.13. The Kier molecular flexibility index (Phi) is 4.38. The Hall–Kier alpha value is -1.61. The van der Waals surface area contributed by atoms with Gasteiger partial charge in [0, 0.05) is 5.56 Å². The second-order valence-corrected chi connectivity index (χ2v) is 4.97. The molecule has 1 nitrogen and oxygen atoms in total. The van der Waals surface area contributed by atoms with Crippen LogP contribution in [0.2, 0.25) is 0 Å². The molecule has 0 bridgehead atoms. The van der Waals surface area contributed by atoms with E-state index in [1.807, 2.05) is 31.2 Å². The smallest absolute Gasteiger partial charge is 0.219 e. The quantitative estimate of drug-likeness (QED) is 0.816. The first-order valence-electron chi connectivity index (χ1n) is 6.13. The summed E-state index contributed by atoms with van der Waals surface area (Å²) >= 11 is 1.14. The highest BCUT2D eigenvalue weighted by Gasteiger charge is 2.14. The maximum absolute atomic E-state index is 13.5. The lowest BCUT2D eigenvalue weighted by molar-refractivity contribution is 0.109. The molecule has 0 fully saturated rings. The SMILES string of the molecule is CCc1ccccc1-c1cc(F)ccc1C(=O)SC. The Balaban J connectivity index is 2.66. The van der Waals surface area contributed by atoms with Gasteiger partial charge in [-0.1, -0.05) is 43.0 Å². The van der Waals surface area contributed by atoms with Gasteiger partial charge in [-0.05, 0) is 47.6 Å². The standard InChI is InChI=1S/C16H15FOS/c1-3-11-6-4-5-7-13(11)15-10-12(17)8-9-14(15)16(18)19-2/h4-10H,3H2,1-2H3. The lowest BCUT2D eigenvalue weighted by Crippen LogP contribution is -1.99. The summed E-state index contributed by atoms with van der Waals surface area (Å²) in [4.78, 5) is 12.0. The van der Waals surface area contributed by atoms with E-state index in [0.717, 1.165) is 29.3 Å². The minimum absolute atomic E-state index is 0.0408. The molecule has 0 atom stereocenters. The Morgan fingerprint density at radius 2 is 1.89 bits per heavy atom. The van der Waals surface area contributed by atoms with Crippen molar-refractivity contribution in [3.05, 3.63) is 59.4 Å². The van der Waals surface area contributed by atoms with Crippen LogP contribution in [0.5, 0.6) is 0 Å². The van der Waals surface area contributed by atoms with Crippen LogP contribution in [0.15, 0.2) is 42.5 Å². The molecule has 0 spiro atoms. The van der Waals surface area contributed by atoms with Crippen LogP contribution < -0.4 is 0 Å². The Labute approximate surface area is 116 Å². The van der Waals surface area contributed by atoms with Crippen LogP contribution in [0, 0.1) is 5.82 Å². The van der Waals surface area contributed by atoms with E-state index in [2.05, 4.69) is 0 Å². The van der Waals surface area contributed by atoms with Gasteiger partial charge in [0.15, 0.2) is 0 Å². The Bertz CT molecular complexity index is 607. The molecule has 0 aliphatic heterocycles. The fourth-order valence-corrected chi connectivity index (χ4v) is 2.52. The monoisotopic (exact) mass is 274 g/mol. The van der Waals surface area contributed by atoms with Gasteiger partial charge in [-0.3, -0.25) is 4.79 Å². The minimum Gasteiger partial charge on any atom is -0.282 e. The van der Waals surface area contributed by atoms with Crippen LogP contribution in [-0.4, -0.2) is 11.4 Å². The Morgan fingerprint density at radius 1 is 1.16 bits per heavy atom. The molecule has 0 aliphatic rings. The summed E-state index contributed by atoms with van der Waals surface area (Å²) in [5.74, 6) is -0.321. The second kappa shape index (κ2) is 6.02. The van der Waals surface area contributed by atoms with Crippen molar-refractivity contribution in [3.8, 4) is 11.1 Å². The number of aryl methyl sites for hydroxylation is 1. The van der Waals surface area contributed by atoms with E-state index in [4.69, 9.17) is 0 Å². The van der Waals surface area contributed by atoms with Gasteiger partial charge in [-0.25, -0.2) is 4.39 Å². The molecule has 0 heterocycles. The predicted octanol–water partition coefficient (Wildman–Crippen LogP) is 4.56. The normalized spacial score (nSPS) is 10.5. The van der Waals surface area contributed by atoms with Crippen molar-refractivity contribution >= 4 is 16.9 Å². The summed E-state index contributed by atoms with van der Waals surface area (Å²) in [5, 5.41) is -0.0408. The molecule has 0 N–H and O–H groups in total. The van der Waals surface area contributed by atoms with Crippen molar-refractivity contribution in [2.24, 2.45) is 0 Å². The first-order chi connectivity index (χ1) is 9.17. The van der Waals surface area contributed by atoms with Crippen molar-refractivity contribution in [3.63, 3.8) is 0 Å².